The quantitative estimate of drug-likeness (QED) is 0.799. The Bertz CT molecular complexity index is 449. The summed E-state index contributed by atoms with van der Waals surface area (Å²) in [6.07, 6.45) is 1.58. The summed E-state index contributed by atoms with van der Waals surface area (Å²) in [5, 5.41) is 8.33. The van der Waals surface area contributed by atoms with E-state index >= 15 is 0 Å². The summed E-state index contributed by atoms with van der Waals surface area (Å²) in [6, 6.07) is 1.98. The molecular weight excluding hydrogens is 226 g/mol. The number of rotatable bonds is 5. The Kier molecular flexibility index (Phi) is 4.12. The second-order valence-corrected chi connectivity index (χ2v) is 5.60. The van der Waals surface area contributed by atoms with E-state index in [2.05, 4.69) is 5.32 Å². The van der Waals surface area contributed by atoms with Crippen LogP contribution in [0.15, 0.2) is 17.2 Å². The van der Waals surface area contributed by atoms with Crippen molar-refractivity contribution in [1.29, 1.82) is 0 Å². The topological polar surface area (TPSA) is 77.1 Å². The van der Waals surface area contributed by atoms with E-state index in [0.29, 0.717) is 12.6 Å². The molecule has 0 radical (unpaired) electrons. The maximum absolute atomic E-state index is 11.2. The van der Waals surface area contributed by atoms with E-state index in [0.717, 1.165) is 12.2 Å². The third-order valence-electron chi connectivity index (χ3n) is 2.32. The molecule has 0 bridgehead atoms. The molecule has 1 aromatic rings. The van der Waals surface area contributed by atoms with Crippen molar-refractivity contribution in [3.05, 3.63) is 18.0 Å². The summed E-state index contributed by atoms with van der Waals surface area (Å²) >= 11 is 0. The van der Waals surface area contributed by atoms with Gasteiger partial charge in [0.2, 0.25) is 10.0 Å². The van der Waals surface area contributed by atoms with Crippen LogP contribution in [0.25, 0.3) is 0 Å². The standard InChI is InChI=1S/C10H19N3O2S/c1-4-13-7-10(16(11,14)15)5-9(13)6-12-8(2)3/h5,7-8,12H,4,6H2,1-3H3,(H2,11,14,15). The summed E-state index contributed by atoms with van der Waals surface area (Å²) in [5.74, 6) is 0. The van der Waals surface area contributed by atoms with Crippen LogP contribution < -0.4 is 10.5 Å². The van der Waals surface area contributed by atoms with Crippen LogP contribution in [0.2, 0.25) is 0 Å². The van der Waals surface area contributed by atoms with Crippen LogP contribution in [0, 0.1) is 0 Å². The third-order valence-corrected chi connectivity index (χ3v) is 3.20. The van der Waals surface area contributed by atoms with Gasteiger partial charge in [0.15, 0.2) is 0 Å². The first kappa shape index (κ1) is 13.2. The maximum Gasteiger partial charge on any atom is 0.239 e. The lowest BCUT2D eigenvalue weighted by molar-refractivity contribution is 0.561. The predicted molar refractivity (Wildman–Crippen MR) is 63.5 cm³/mol. The molecule has 0 aromatic carbocycles. The Morgan fingerprint density at radius 3 is 2.56 bits per heavy atom. The number of nitrogens with two attached hydrogens (primary N) is 1. The zero-order valence-corrected chi connectivity index (χ0v) is 10.7. The molecule has 6 heteroatoms. The molecule has 0 aliphatic carbocycles. The highest BCUT2D eigenvalue weighted by Crippen LogP contribution is 2.13. The Hall–Kier alpha value is -0.850. The Morgan fingerprint density at radius 1 is 1.50 bits per heavy atom. The number of sulfonamides is 1. The summed E-state index contributed by atoms with van der Waals surface area (Å²) in [4.78, 5) is 0.176. The number of hydrogen-bond acceptors (Lipinski definition) is 3. The minimum atomic E-state index is -3.60. The van der Waals surface area contributed by atoms with Gasteiger partial charge in [0, 0.05) is 31.0 Å². The Labute approximate surface area is 96.7 Å². The SMILES string of the molecule is CCn1cc(S(N)(=O)=O)cc1CNC(C)C. The van der Waals surface area contributed by atoms with Gasteiger partial charge in [-0.2, -0.15) is 0 Å². The van der Waals surface area contributed by atoms with E-state index in [9.17, 15) is 8.42 Å². The van der Waals surface area contributed by atoms with Crippen molar-refractivity contribution in [1.82, 2.24) is 9.88 Å². The molecule has 16 heavy (non-hydrogen) atoms. The highest BCUT2D eigenvalue weighted by molar-refractivity contribution is 7.89. The van der Waals surface area contributed by atoms with Gasteiger partial charge in [-0.1, -0.05) is 13.8 Å². The molecule has 1 heterocycles. The summed E-state index contributed by atoms with van der Waals surface area (Å²) in [5.41, 5.74) is 0.931. The molecule has 0 unspecified atom stereocenters. The molecule has 0 fully saturated rings. The first-order valence-corrected chi connectivity index (χ1v) is 6.84. The lowest BCUT2D eigenvalue weighted by Crippen LogP contribution is -2.23. The van der Waals surface area contributed by atoms with Gasteiger partial charge in [0.05, 0.1) is 4.90 Å². The molecule has 0 spiro atoms. The zero-order valence-electron chi connectivity index (χ0n) is 9.90. The molecule has 0 saturated heterocycles. The van der Waals surface area contributed by atoms with Crippen LogP contribution in [0.5, 0.6) is 0 Å². The summed E-state index contributed by atoms with van der Waals surface area (Å²) in [6.45, 7) is 7.41. The highest BCUT2D eigenvalue weighted by Gasteiger charge is 2.13. The fraction of sp³-hybridized carbons (Fsp3) is 0.600. The van der Waals surface area contributed by atoms with Crippen molar-refractivity contribution in [2.45, 2.75) is 44.8 Å². The van der Waals surface area contributed by atoms with E-state index in [1.54, 1.807) is 12.3 Å². The summed E-state index contributed by atoms with van der Waals surface area (Å²) in [7, 11) is -3.60. The summed E-state index contributed by atoms with van der Waals surface area (Å²) < 4.78 is 24.3. The molecule has 0 atom stereocenters. The van der Waals surface area contributed by atoms with E-state index < -0.39 is 10.0 Å². The first-order chi connectivity index (χ1) is 7.34. The monoisotopic (exact) mass is 245 g/mol. The maximum atomic E-state index is 11.2. The second kappa shape index (κ2) is 4.99. The zero-order chi connectivity index (χ0) is 12.3. The number of aryl methyl sites for hydroxylation is 1. The molecule has 1 rings (SSSR count). The van der Waals surface area contributed by atoms with Gasteiger partial charge >= 0.3 is 0 Å². The highest BCUT2D eigenvalue weighted by atomic mass is 32.2. The average molecular weight is 245 g/mol. The Morgan fingerprint density at radius 2 is 2.12 bits per heavy atom. The number of hydrogen-bond donors (Lipinski definition) is 2. The van der Waals surface area contributed by atoms with Crippen LogP contribution in [-0.2, 0) is 23.1 Å². The molecule has 0 aliphatic heterocycles. The number of nitrogens with zero attached hydrogens (tertiary/aromatic N) is 1. The lowest BCUT2D eigenvalue weighted by atomic mass is 10.3. The van der Waals surface area contributed by atoms with Crippen LogP contribution >= 0.6 is 0 Å². The largest absolute Gasteiger partial charge is 0.349 e. The van der Waals surface area contributed by atoms with Crippen LogP contribution in [0.1, 0.15) is 26.5 Å². The van der Waals surface area contributed by atoms with Gasteiger partial charge in [-0.3, -0.25) is 0 Å². The van der Waals surface area contributed by atoms with Crippen molar-refractivity contribution < 1.29 is 8.42 Å². The van der Waals surface area contributed by atoms with E-state index in [1.165, 1.54) is 0 Å². The van der Waals surface area contributed by atoms with Crippen molar-refractivity contribution in [3.8, 4) is 0 Å². The molecule has 5 nitrogen and oxygen atoms in total. The van der Waals surface area contributed by atoms with Crippen molar-refractivity contribution in [2.75, 3.05) is 0 Å². The minimum absolute atomic E-state index is 0.176. The van der Waals surface area contributed by atoms with E-state index in [-0.39, 0.29) is 4.90 Å². The molecule has 1 aromatic heterocycles. The van der Waals surface area contributed by atoms with Gasteiger partial charge < -0.3 is 9.88 Å². The minimum Gasteiger partial charge on any atom is -0.349 e. The fourth-order valence-corrected chi connectivity index (χ4v) is 2.01. The first-order valence-electron chi connectivity index (χ1n) is 5.29. The van der Waals surface area contributed by atoms with Crippen molar-refractivity contribution >= 4 is 10.0 Å². The average Bonchev–Trinajstić information content (AvgIpc) is 2.56. The predicted octanol–water partition coefficient (Wildman–Crippen LogP) is 0.653. The van der Waals surface area contributed by atoms with Crippen molar-refractivity contribution in [2.24, 2.45) is 5.14 Å². The van der Waals surface area contributed by atoms with Crippen molar-refractivity contribution in [3.63, 3.8) is 0 Å². The number of primary sulfonamides is 1. The third kappa shape index (κ3) is 3.33. The van der Waals surface area contributed by atoms with Gasteiger partial charge in [0.25, 0.3) is 0 Å². The molecule has 3 N–H and O–H groups in total. The lowest BCUT2D eigenvalue weighted by Gasteiger charge is -2.09. The number of aromatic nitrogens is 1. The van der Waals surface area contributed by atoms with Gasteiger partial charge in [-0.25, -0.2) is 13.6 Å². The molecule has 0 aliphatic rings. The second-order valence-electron chi connectivity index (χ2n) is 4.03. The smallest absolute Gasteiger partial charge is 0.239 e. The molecule has 0 amide bonds. The van der Waals surface area contributed by atoms with Gasteiger partial charge in [0.1, 0.15) is 0 Å². The van der Waals surface area contributed by atoms with Gasteiger partial charge in [-0.05, 0) is 13.0 Å². The van der Waals surface area contributed by atoms with Crippen LogP contribution in [-0.4, -0.2) is 19.0 Å². The molecular formula is C10H19N3O2S. The van der Waals surface area contributed by atoms with Gasteiger partial charge in [-0.15, -0.1) is 0 Å². The Balaban J connectivity index is 2.96. The number of nitrogens with one attached hydrogen (secondary N) is 1. The van der Waals surface area contributed by atoms with Crippen LogP contribution in [0.4, 0.5) is 0 Å². The van der Waals surface area contributed by atoms with E-state index in [4.69, 9.17) is 5.14 Å². The molecule has 0 saturated carbocycles. The normalized spacial score (nSPS) is 12.3. The fourth-order valence-electron chi connectivity index (χ4n) is 1.43. The molecule has 92 valence electrons. The van der Waals surface area contributed by atoms with Crippen LogP contribution in [0.3, 0.4) is 0 Å². The van der Waals surface area contributed by atoms with E-state index in [1.807, 2.05) is 25.3 Å².